The first kappa shape index (κ1) is 15.4. The van der Waals surface area contributed by atoms with Crippen LogP contribution in [-0.4, -0.2) is 18.5 Å². The summed E-state index contributed by atoms with van der Waals surface area (Å²) < 4.78 is 0. The first-order chi connectivity index (χ1) is 7.63. The molecule has 3 N–H and O–H groups in total. The SMILES string of the molecule is CCCC(CCN)CCC(=O)NC(C)CC. The van der Waals surface area contributed by atoms with Crippen molar-refractivity contribution in [2.24, 2.45) is 11.7 Å². The molecule has 0 heterocycles. The summed E-state index contributed by atoms with van der Waals surface area (Å²) in [5.41, 5.74) is 5.57. The molecule has 2 atom stereocenters. The molecule has 0 aliphatic heterocycles. The van der Waals surface area contributed by atoms with E-state index in [9.17, 15) is 4.79 Å². The number of hydrogen-bond donors (Lipinski definition) is 2. The molecule has 0 aliphatic carbocycles. The van der Waals surface area contributed by atoms with Gasteiger partial charge in [-0.1, -0.05) is 26.7 Å². The predicted molar refractivity (Wildman–Crippen MR) is 69.2 cm³/mol. The smallest absolute Gasteiger partial charge is 0.220 e. The normalized spacial score (nSPS) is 14.5. The molecule has 0 radical (unpaired) electrons. The molecule has 0 aromatic heterocycles. The predicted octanol–water partition coefficient (Wildman–Crippen LogP) is 2.45. The van der Waals surface area contributed by atoms with Crippen molar-refractivity contribution in [3.63, 3.8) is 0 Å². The van der Waals surface area contributed by atoms with E-state index >= 15 is 0 Å². The summed E-state index contributed by atoms with van der Waals surface area (Å²) >= 11 is 0. The minimum atomic E-state index is 0.187. The van der Waals surface area contributed by atoms with E-state index in [-0.39, 0.29) is 5.91 Å². The lowest BCUT2D eigenvalue weighted by molar-refractivity contribution is -0.122. The van der Waals surface area contributed by atoms with Crippen LogP contribution in [0.1, 0.15) is 59.3 Å². The first-order valence-electron chi connectivity index (χ1n) is 6.63. The molecule has 16 heavy (non-hydrogen) atoms. The average molecular weight is 228 g/mol. The summed E-state index contributed by atoms with van der Waals surface area (Å²) in [5, 5.41) is 3.00. The van der Waals surface area contributed by atoms with Crippen LogP contribution in [0.3, 0.4) is 0 Å². The van der Waals surface area contributed by atoms with Gasteiger partial charge in [-0.3, -0.25) is 4.79 Å². The van der Waals surface area contributed by atoms with Crippen molar-refractivity contribution in [1.82, 2.24) is 5.32 Å². The minimum Gasteiger partial charge on any atom is -0.354 e. The molecule has 1 amide bonds. The summed E-state index contributed by atoms with van der Waals surface area (Å²) in [7, 11) is 0. The van der Waals surface area contributed by atoms with Crippen molar-refractivity contribution in [2.75, 3.05) is 6.54 Å². The Kier molecular flexibility index (Phi) is 9.30. The number of rotatable bonds is 9. The molecule has 0 aromatic rings. The minimum absolute atomic E-state index is 0.187. The van der Waals surface area contributed by atoms with Gasteiger partial charge in [-0.25, -0.2) is 0 Å². The third kappa shape index (κ3) is 7.69. The van der Waals surface area contributed by atoms with Crippen molar-refractivity contribution >= 4 is 5.91 Å². The summed E-state index contributed by atoms with van der Waals surface area (Å²) in [6.07, 6.45) is 6.03. The highest BCUT2D eigenvalue weighted by atomic mass is 16.1. The number of hydrogen-bond acceptors (Lipinski definition) is 2. The zero-order valence-corrected chi connectivity index (χ0v) is 11.1. The van der Waals surface area contributed by atoms with Gasteiger partial charge in [0, 0.05) is 12.5 Å². The molecule has 0 bridgehead atoms. The highest BCUT2D eigenvalue weighted by Gasteiger charge is 2.11. The van der Waals surface area contributed by atoms with Crippen LogP contribution < -0.4 is 11.1 Å². The van der Waals surface area contributed by atoms with Crippen LogP contribution in [0.15, 0.2) is 0 Å². The molecule has 0 saturated carbocycles. The Hall–Kier alpha value is -0.570. The van der Waals surface area contributed by atoms with E-state index < -0.39 is 0 Å². The van der Waals surface area contributed by atoms with Gasteiger partial charge in [0.2, 0.25) is 5.91 Å². The van der Waals surface area contributed by atoms with Crippen LogP contribution in [0.25, 0.3) is 0 Å². The maximum Gasteiger partial charge on any atom is 0.220 e. The third-order valence-corrected chi connectivity index (χ3v) is 3.07. The maximum absolute atomic E-state index is 11.6. The second-order valence-electron chi connectivity index (χ2n) is 4.65. The van der Waals surface area contributed by atoms with Crippen LogP contribution in [0.4, 0.5) is 0 Å². The molecule has 3 heteroatoms. The summed E-state index contributed by atoms with van der Waals surface area (Å²) in [4.78, 5) is 11.6. The van der Waals surface area contributed by atoms with Crippen LogP contribution in [0.5, 0.6) is 0 Å². The second kappa shape index (κ2) is 9.64. The Balaban J connectivity index is 3.77. The van der Waals surface area contributed by atoms with Crippen molar-refractivity contribution in [3.05, 3.63) is 0 Å². The van der Waals surface area contributed by atoms with E-state index in [0.717, 1.165) is 25.8 Å². The van der Waals surface area contributed by atoms with Crippen molar-refractivity contribution in [3.8, 4) is 0 Å². The quantitative estimate of drug-likeness (QED) is 0.637. The summed E-state index contributed by atoms with van der Waals surface area (Å²) in [6.45, 7) is 7.04. The highest BCUT2D eigenvalue weighted by Crippen LogP contribution is 2.16. The van der Waals surface area contributed by atoms with Gasteiger partial charge in [0.25, 0.3) is 0 Å². The molecule has 96 valence electrons. The Labute approximate surface area is 100 Å². The monoisotopic (exact) mass is 228 g/mol. The van der Waals surface area contributed by atoms with Gasteiger partial charge in [0.15, 0.2) is 0 Å². The third-order valence-electron chi connectivity index (χ3n) is 3.07. The molecule has 0 aliphatic rings. The highest BCUT2D eigenvalue weighted by molar-refractivity contribution is 5.76. The lowest BCUT2D eigenvalue weighted by Gasteiger charge is -2.16. The Morgan fingerprint density at radius 2 is 1.94 bits per heavy atom. The molecule has 0 spiro atoms. The molecule has 0 rings (SSSR count). The molecular weight excluding hydrogens is 200 g/mol. The van der Waals surface area contributed by atoms with Crippen LogP contribution >= 0.6 is 0 Å². The maximum atomic E-state index is 11.6. The van der Waals surface area contributed by atoms with Gasteiger partial charge in [-0.2, -0.15) is 0 Å². The van der Waals surface area contributed by atoms with Gasteiger partial charge in [-0.15, -0.1) is 0 Å². The lowest BCUT2D eigenvalue weighted by Crippen LogP contribution is -2.32. The van der Waals surface area contributed by atoms with Crippen molar-refractivity contribution in [2.45, 2.75) is 65.3 Å². The van der Waals surface area contributed by atoms with Gasteiger partial charge in [-0.05, 0) is 38.6 Å². The zero-order valence-electron chi connectivity index (χ0n) is 11.1. The fourth-order valence-electron chi connectivity index (χ4n) is 1.86. The Bertz CT molecular complexity index is 177. The Morgan fingerprint density at radius 1 is 1.25 bits per heavy atom. The average Bonchev–Trinajstić information content (AvgIpc) is 2.26. The van der Waals surface area contributed by atoms with E-state index in [4.69, 9.17) is 5.73 Å². The summed E-state index contributed by atoms with van der Waals surface area (Å²) in [6, 6.07) is 0.298. The van der Waals surface area contributed by atoms with E-state index in [0.29, 0.717) is 18.4 Å². The first-order valence-corrected chi connectivity index (χ1v) is 6.63. The molecule has 0 aromatic carbocycles. The van der Waals surface area contributed by atoms with E-state index in [1.165, 1.54) is 12.8 Å². The molecular formula is C13H28N2O. The molecule has 3 nitrogen and oxygen atoms in total. The van der Waals surface area contributed by atoms with Gasteiger partial charge in [0.05, 0.1) is 0 Å². The topological polar surface area (TPSA) is 55.1 Å². The second-order valence-corrected chi connectivity index (χ2v) is 4.65. The molecule has 0 saturated heterocycles. The molecule has 2 unspecified atom stereocenters. The van der Waals surface area contributed by atoms with Gasteiger partial charge in [0.1, 0.15) is 0 Å². The largest absolute Gasteiger partial charge is 0.354 e. The van der Waals surface area contributed by atoms with Crippen LogP contribution in [0.2, 0.25) is 0 Å². The van der Waals surface area contributed by atoms with E-state index in [1.807, 2.05) is 6.92 Å². The van der Waals surface area contributed by atoms with Crippen molar-refractivity contribution in [1.29, 1.82) is 0 Å². The van der Waals surface area contributed by atoms with E-state index in [1.54, 1.807) is 0 Å². The number of carbonyl (C=O) groups excluding carboxylic acids is 1. The van der Waals surface area contributed by atoms with Crippen LogP contribution in [0, 0.1) is 5.92 Å². The van der Waals surface area contributed by atoms with Crippen LogP contribution in [-0.2, 0) is 4.79 Å². The van der Waals surface area contributed by atoms with Crippen molar-refractivity contribution < 1.29 is 4.79 Å². The van der Waals surface area contributed by atoms with E-state index in [2.05, 4.69) is 19.2 Å². The Morgan fingerprint density at radius 3 is 2.44 bits per heavy atom. The number of amides is 1. The number of nitrogens with two attached hydrogens (primary N) is 1. The lowest BCUT2D eigenvalue weighted by atomic mass is 9.94. The van der Waals surface area contributed by atoms with Gasteiger partial charge >= 0.3 is 0 Å². The fraction of sp³-hybridized carbons (Fsp3) is 0.923. The fourth-order valence-corrected chi connectivity index (χ4v) is 1.86. The standard InChI is InChI=1S/C13H28N2O/c1-4-6-12(9-10-14)7-8-13(16)15-11(3)5-2/h11-12H,4-10,14H2,1-3H3,(H,15,16). The number of carbonyl (C=O) groups is 1. The molecule has 0 fully saturated rings. The zero-order chi connectivity index (χ0) is 12.4. The number of nitrogens with one attached hydrogen (secondary N) is 1. The summed E-state index contributed by atoms with van der Waals surface area (Å²) in [5.74, 6) is 0.810. The van der Waals surface area contributed by atoms with Gasteiger partial charge < -0.3 is 11.1 Å².